The molecule has 0 bridgehead atoms. The first kappa shape index (κ1) is 17.5. The number of rotatable bonds is 5. The largest absolute Gasteiger partial charge is 0.490 e. The van der Waals surface area contributed by atoms with Crippen molar-refractivity contribution in [1.82, 2.24) is 0 Å². The molecule has 2 aromatic rings. The van der Waals surface area contributed by atoms with Gasteiger partial charge in [-0.05, 0) is 71.2 Å². The second-order valence-corrected chi connectivity index (χ2v) is 7.32. The average Bonchev–Trinajstić information content (AvgIpc) is 3.09. The molecule has 0 spiro atoms. The molecular formula is C18H17Br2NO3. The molecule has 3 rings (SSSR count). The minimum absolute atomic E-state index is 0.163. The minimum atomic E-state index is -0.163. The van der Waals surface area contributed by atoms with Gasteiger partial charge in [-0.15, -0.1) is 0 Å². The molecule has 0 radical (unpaired) electrons. The molecule has 0 saturated carbocycles. The van der Waals surface area contributed by atoms with E-state index in [0.29, 0.717) is 17.9 Å². The van der Waals surface area contributed by atoms with E-state index in [1.54, 1.807) is 18.2 Å². The van der Waals surface area contributed by atoms with Crippen molar-refractivity contribution in [3.05, 3.63) is 57.0 Å². The Hall–Kier alpha value is -1.37. The van der Waals surface area contributed by atoms with Crippen molar-refractivity contribution in [3.63, 3.8) is 0 Å². The summed E-state index contributed by atoms with van der Waals surface area (Å²) in [6.07, 6.45) is 2.28. The van der Waals surface area contributed by atoms with Crippen molar-refractivity contribution < 1.29 is 14.3 Å². The predicted molar refractivity (Wildman–Crippen MR) is 101 cm³/mol. The maximum Gasteiger partial charge on any atom is 0.255 e. The van der Waals surface area contributed by atoms with Crippen LogP contribution in [0.3, 0.4) is 0 Å². The lowest BCUT2D eigenvalue weighted by molar-refractivity contribution is 0.0677. The summed E-state index contributed by atoms with van der Waals surface area (Å²) in [5.41, 5.74) is 1.31. The standard InChI is InChI=1S/C18H17Br2NO3/c19-13-4-6-14(7-5-13)21-18(22)12-3-8-17(16(20)10-12)24-11-15-2-1-9-23-15/h3-8,10,15H,1-2,9,11H2,(H,21,22)/t15-/m1/s1. The maximum absolute atomic E-state index is 12.3. The highest BCUT2D eigenvalue weighted by Gasteiger charge is 2.17. The second-order valence-electron chi connectivity index (χ2n) is 5.55. The van der Waals surface area contributed by atoms with Crippen LogP contribution < -0.4 is 10.1 Å². The molecule has 0 aliphatic carbocycles. The summed E-state index contributed by atoms with van der Waals surface area (Å²) in [6, 6.07) is 12.8. The molecule has 1 saturated heterocycles. The number of ether oxygens (including phenoxy) is 2. The number of benzene rings is 2. The lowest BCUT2D eigenvalue weighted by Gasteiger charge is -2.13. The van der Waals surface area contributed by atoms with E-state index in [1.807, 2.05) is 24.3 Å². The van der Waals surface area contributed by atoms with Gasteiger partial charge in [-0.1, -0.05) is 15.9 Å². The second kappa shape index (κ2) is 8.14. The fourth-order valence-electron chi connectivity index (χ4n) is 2.45. The Bertz CT molecular complexity index is 713. The van der Waals surface area contributed by atoms with E-state index in [1.165, 1.54) is 0 Å². The van der Waals surface area contributed by atoms with Crippen LogP contribution in [0.15, 0.2) is 51.4 Å². The highest BCUT2D eigenvalue weighted by atomic mass is 79.9. The summed E-state index contributed by atoms with van der Waals surface area (Å²) in [4.78, 5) is 12.3. The molecule has 1 aliphatic rings. The minimum Gasteiger partial charge on any atom is -0.490 e. The van der Waals surface area contributed by atoms with Crippen molar-refractivity contribution in [1.29, 1.82) is 0 Å². The first-order valence-corrected chi connectivity index (χ1v) is 9.31. The smallest absolute Gasteiger partial charge is 0.255 e. The lowest BCUT2D eigenvalue weighted by atomic mass is 10.2. The van der Waals surface area contributed by atoms with Gasteiger partial charge in [0, 0.05) is 22.3 Å². The highest BCUT2D eigenvalue weighted by molar-refractivity contribution is 9.10. The van der Waals surface area contributed by atoms with Crippen LogP contribution in [0.2, 0.25) is 0 Å². The molecule has 6 heteroatoms. The molecule has 4 nitrogen and oxygen atoms in total. The third-order valence-corrected chi connectivity index (χ3v) is 4.89. The third-order valence-electron chi connectivity index (χ3n) is 3.74. The van der Waals surface area contributed by atoms with Crippen molar-refractivity contribution in [2.75, 3.05) is 18.5 Å². The van der Waals surface area contributed by atoms with Crippen LogP contribution >= 0.6 is 31.9 Å². The number of nitrogens with one attached hydrogen (secondary N) is 1. The summed E-state index contributed by atoms with van der Waals surface area (Å²) in [6.45, 7) is 1.34. The van der Waals surface area contributed by atoms with E-state index in [9.17, 15) is 4.79 Å². The predicted octanol–water partition coefficient (Wildman–Crippen LogP) is 5.02. The fourth-order valence-corrected chi connectivity index (χ4v) is 3.21. The SMILES string of the molecule is O=C(Nc1ccc(Br)cc1)c1ccc(OC[C@H]2CCCO2)c(Br)c1. The third kappa shape index (κ3) is 4.59. The van der Waals surface area contributed by atoms with Crippen LogP contribution in [0.5, 0.6) is 5.75 Å². The van der Waals surface area contributed by atoms with Crippen molar-refractivity contribution in [2.24, 2.45) is 0 Å². The van der Waals surface area contributed by atoms with E-state index in [-0.39, 0.29) is 12.0 Å². The highest BCUT2D eigenvalue weighted by Crippen LogP contribution is 2.27. The van der Waals surface area contributed by atoms with Gasteiger partial charge >= 0.3 is 0 Å². The van der Waals surface area contributed by atoms with Gasteiger partial charge in [-0.3, -0.25) is 4.79 Å². The Morgan fingerprint density at radius 2 is 2.00 bits per heavy atom. The number of amides is 1. The molecule has 1 heterocycles. The van der Waals surface area contributed by atoms with Crippen LogP contribution in [0.25, 0.3) is 0 Å². The molecule has 1 amide bonds. The van der Waals surface area contributed by atoms with Crippen LogP contribution in [-0.4, -0.2) is 25.2 Å². The van der Waals surface area contributed by atoms with Gasteiger partial charge in [0.25, 0.3) is 5.91 Å². The first-order valence-electron chi connectivity index (χ1n) is 7.73. The van der Waals surface area contributed by atoms with Gasteiger partial charge in [0.05, 0.1) is 10.6 Å². The number of carbonyl (C=O) groups excluding carboxylic acids is 1. The van der Waals surface area contributed by atoms with E-state index >= 15 is 0 Å². The molecule has 1 atom stereocenters. The van der Waals surface area contributed by atoms with Gasteiger partial charge in [-0.25, -0.2) is 0 Å². The normalized spacial score (nSPS) is 16.8. The van der Waals surface area contributed by atoms with Crippen molar-refractivity contribution in [2.45, 2.75) is 18.9 Å². The fraction of sp³-hybridized carbons (Fsp3) is 0.278. The molecule has 126 valence electrons. The summed E-state index contributed by atoms with van der Waals surface area (Å²) < 4.78 is 13.0. The maximum atomic E-state index is 12.3. The number of hydrogen-bond donors (Lipinski definition) is 1. The summed E-state index contributed by atoms with van der Waals surface area (Å²) >= 11 is 6.84. The summed E-state index contributed by atoms with van der Waals surface area (Å²) in [7, 11) is 0. The van der Waals surface area contributed by atoms with Crippen LogP contribution in [0.1, 0.15) is 23.2 Å². The van der Waals surface area contributed by atoms with E-state index < -0.39 is 0 Å². The lowest BCUT2D eigenvalue weighted by Crippen LogP contribution is -2.16. The summed E-state index contributed by atoms with van der Waals surface area (Å²) in [5.74, 6) is 0.550. The van der Waals surface area contributed by atoms with Gasteiger partial charge in [-0.2, -0.15) is 0 Å². The van der Waals surface area contributed by atoms with Gasteiger partial charge in [0.15, 0.2) is 0 Å². The topological polar surface area (TPSA) is 47.6 Å². The Balaban J connectivity index is 1.62. The van der Waals surface area contributed by atoms with Crippen molar-refractivity contribution in [3.8, 4) is 5.75 Å². The average molecular weight is 455 g/mol. The number of carbonyl (C=O) groups is 1. The Morgan fingerprint density at radius 3 is 2.67 bits per heavy atom. The zero-order valence-electron chi connectivity index (χ0n) is 12.9. The van der Waals surface area contributed by atoms with Crippen LogP contribution in [0, 0.1) is 0 Å². The van der Waals surface area contributed by atoms with E-state index in [0.717, 1.165) is 34.1 Å². The van der Waals surface area contributed by atoms with E-state index in [2.05, 4.69) is 37.2 Å². The van der Waals surface area contributed by atoms with Gasteiger partial charge in [0.1, 0.15) is 12.4 Å². The molecule has 1 fully saturated rings. The Morgan fingerprint density at radius 1 is 1.21 bits per heavy atom. The molecule has 1 aliphatic heterocycles. The summed E-state index contributed by atoms with van der Waals surface area (Å²) in [5, 5.41) is 2.87. The zero-order chi connectivity index (χ0) is 16.9. The quantitative estimate of drug-likeness (QED) is 0.689. The van der Waals surface area contributed by atoms with Crippen LogP contribution in [-0.2, 0) is 4.74 Å². The van der Waals surface area contributed by atoms with E-state index in [4.69, 9.17) is 9.47 Å². The molecule has 0 aromatic heterocycles. The van der Waals surface area contributed by atoms with Crippen LogP contribution in [0.4, 0.5) is 5.69 Å². The Labute approximate surface area is 157 Å². The van der Waals surface area contributed by atoms with Gasteiger partial charge in [0.2, 0.25) is 0 Å². The zero-order valence-corrected chi connectivity index (χ0v) is 16.1. The molecule has 1 N–H and O–H groups in total. The van der Waals surface area contributed by atoms with Crippen molar-refractivity contribution >= 4 is 43.5 Å². The molecular weight excluding hydrogens is 438 g/mol. The number of hydrogen-bond acceptors (Lipinski definition) is 3. The molecule has 2 aromatic carbocycles. The molecule has 0 unspecified atom stereocenters. The Kier molecular flexibility index (Phi) is 5.92. The van der Waals surface area contributed by atoms with Gasteiger partial charge < -0.3 is 14.8 Å². The number of halogens is 2. The number of anilines is 1. The first-order chi connectivity index (χ1) is 11.6. The molecule has 24 heavy (non-hydrogen) atoms. The monoisotopic (exact) mass is 453 g/mol.